The lowest BCUT2D eigenvalue weighted by atomic mass is 9.90. The summed E-state index contributed by atoms with van der Waals surface area (Å²) in [6.45, 7) is 0. The molecule has 0 saturated carbocycles. The van der Waals surface area contributed by atoms with Crippen LogP contribution in [0.15, 0.2) is 84.2 Å². The van der Waals surface area contributed by atoms with Crippen molar-refractivity contribution in [3.63, 3.8) is 0 Å². The van der Waals surface area contributed by atoms with E-state index in [1.165, 1.54) is 11.3 Å². The maximum atomic E-state index is 11.8. The van der Waals surface area contributed by atoms with Crippen molar-refractivity contribution < 1.29 is 14.6 Å². The summed E-state index contributed by atoms with van der Waals surface area (Å²) in [6.07, 6.45) is 0.832. The van der Waals surface area contributed by atoms with Gasteiger partial charge in [0.05, 0.1) is 12.7 Å². The highest BCUT2D eigenvalue weighted by Crippen LogP contribution is 2.47. The average molecular weight is 440 g/mol. The highest BCUT2D eigenvalue weighted by Gasteiger charge is 2.31. The molecule has 0 fully saturated rings. The molecule has 1 unspecified atom stereocenters. The van der Waals surface area contributed by atoms with Crippen LogP contribution in [0.2, 0.25) is 0 Å². The van der Waals surface area contributed by atoms with Crippen molar-refractivity contribution in [1.29, 1.82) is 0 Å². The number of aliphatic hydroxyl groups excluding tert-OH is 1. The monoisotopic (exact) mass is 439 g/mol. The van der Waals surface area contributed by atoms with E-state index in [4.69, 9.17) is 4.74 Å². The first-order valence-corrected chi connectivity index (χ1v) is 11.1. The van der Waals surface area contributed by atoms with Crippen LogP contribution in [0.5, 0.6) is 5.75 Å². The van der Waals surface area contributed by atoms with Gasteiger partial charge in [0.25, 0.3) is 0 Å². The molecule has 2 N–H and O–H groups in total. The van der Waals surface area contributed by atoms with Gasteiger partial charge in [-0.2, -0.15) is 0 Å². The minimum atomic E-state index is -0.605. The second kappa shape index (κ2) is 8.36. The number of anilines is 1. The second-order valence-electron chi connectivity index (χ2n) is 7.52. The molecule has 158 valence electrons. The molecule has 0 saturated heterocycles. The van der Waals surface area contributed by atoms with Gasteiger partial charge in [-0.15, -0.1) is 11.3 Å². The lowest BCUT2D eigenvalue weighted by Crippen LogP contribution is -2.27. The summed E-state index contributed by atoms with van der Waals surface area (Å²) >= 11 is 1.48. The third-order valence-corrected chi connectivity index (χ3v) is 6.61. The van der Waals surface area contributed by atoms with Crippen LogP contribution in [0.3, 0.4) is 0 Å². The first-order valence-electron chi connectivity index (χ1n) is 10.3. The van der Waals surface area contributed by atoms with E-state index in [0.29, 0.717) is 11.1 Å². The molecule has 5 rings (SSSR count). The molecule has 1 aromatic heterocycles. The van der Waals surface area contributed by atoms with E-state index in [9.17, 15) is 9.90 Å². The first-order chi connectivity index (χ1) is 15.7. The largest absolute Gasteiger partial charge is 0.507 e. The summed E-state index contributed by atoms with van der Waals surface area (Å²) in [6, 6.07) is 25.1. The van der Waals surface area contributed by atoms with Gasteiger partial charge >= 0.3 is 0 Å². The number of carbonyl (C=O) groups excluding carboxylic acids is 1. The summed E-state index contributed by atoms with van der Waals surface area (Å²) in [5.74, 6) is 0.888. The normalized spacial score (nSPS) is 15.1. The molecular formula is C27H21NO3S. The minimum Gasteiger partial charge on any atom is -0.507 e. The molecule has 0 radical (unpaired) electrons. The topological polar surface area (TPSA) is 58.6 Å². The minimum absolute atomic E-state index is 0.129. The molecule has 1 atom stereocenters. The van der Waals surface area contributed by atoms with E-state index in [1.807, 2.05) is 84.2 Å². The van der Waals surface area contributed by atoms with Gasteiger partial charge in [0, 0.05) is 22.1 Å². The Morgan fingerprint density at radius 2 is 1.59 bits per heavy atom. The molecule has 5 heteroatoms. The van der Waals surface area contributed by atoms with Gasteiger partial charge in [-0.3, -0.25) is 0 Å². The summed E-state index contributed by atoms with van der Waals surface area (Å²) < 4.78 is 5.70. The van der Waals surface area contributed by atoms with Crippen molar-refractivity contribution >= 4 is 34.0 Å². The standard InChI is InChI=1S/C27H21NO3S/c1-31-23-14-19(12-13-20(23)17-8-4-2-5-9-17)21-16-32-27-25(21)26(30)24(22(15-29)28-27)18-10-6-3-7-11-18/h2-16,22,28,30H,1H3. The summed E-state index contributed by atoms with van der Waals surface area (Å²) in [7, 11) is 1.66. The molecule has 32 heavy (non-hydrogen) atoms. The maximum Gasteiger partial charge on any atom is 0.146 e. The van der Waals surface area contributed by atoms with Crippen molar-refractivity contribution in [2.45, 2.75) is 6.04 Å². The number of nitrogens with one attached hydrogen (secondary N) is 1. The molecule has 0 bridgehead atoms. The Balaban J connectivity index is 1.65. The van der Waals surface area contributed by atoms with Gasteiger partial charge in [-0.1, -0.05) is 72.8 Å². The predicted molar refractivity (Wildman–Crippen MR) is 131 cm³/mol. The molecule has 0 aliphatic carbocycles. The highest BCUT2D eigenvalue weighted by atomic mass is 32.1. The Hall–Kier alpha value is -3.83. The molecule has 2 heterocycles. The lowest BCUT2D eigenvalue weighted by molar-refractivity contribution is -0.107. The number of fused-ring (bicyclic) bond motifs is 1. The van der Waals surface area contributed by atoms with Crippen molar-refractivity contribution in [2.75, 3.05) is 12.4 Å². The van der Waals surface area contributed by atoms with E-state index >= 15 is 0 Å². The van der Waals surface area contributed by atoms with Crippen molar-refractivity contribution in [2.24, 2.45) is 0 Å². The smallest absolute Gasteiger partial charge is 0.146 e. The number of methoxy groups -OCH3 is 1. The maximum absolute atomic E-state index is 11.8. The SMILES string of the molecule is COc1cc(-c2csc3c2C(O)=C(c2ccccc2)C(C=O)N3)ccc1-c1ccccc1. The number of carbonyl (C=O) groups is 1. The Labute approximate surface area is 190 Å². The third kappa shape index (κ3) is 3.37. The second-order valence-corrected chi connectivity index (χ2v) is 8.40. The number of aldehydes is 1. The predicted octanol–water partition coefficient (Wildman–Crippen LogP) is 6.51. The number of hydrogen-bond acceptors (Lipinski definition) is 5. The van der Waals surface area contributed by atoms with Gasteiger partial charge in [-0.05, 0) is 22.8 Å². The van der Waals surface area contributed by atoms with E-state index in [1.54, 1.807) is 7.11 Å². The highest BCUT2D eigenvalue weighted by molar-refractivity contribution is 7.15. The summed E-state index contributed by atoms with van der Waals surface area (Å²) in [5, 5.41) is 17.4. The Bertz CT molecular complexity index is 1310. The molecule has 4 nitrogen and oxygen atoms in total. The van der Waals surface area contributed by atoms with Crippen LogP contribution in [0.25, 0.3) is 33.6 Å². The van der Waals surface area contributed by atoms with Crippen molar-refractivity contribution in [3.05, 3.63) is 95.4 Å². The van der Waals surface area contributed by atoms with Crippen LogP contribution in [-0.2, 0) is 4.79 Å². The Kier molecular flexibility index (Phi) is 5.25. The van der Waals surface area contributed by atoms with Crippen LogP contribution < -0.4 is 10.1 Å². The van der Waals surface area contributed by atoms with Crippen LogP contribution >= 0.6 is 11.3 Å². The van der Waals surface area contributed by atoms with E-state index < -0.39 is 6.04 Å². The van der Waals surface area contributed by atoms with Gasteiger partial charge < -0.3 is 20.0 Å². The van der Waals surface area contributed by atoms with E-state index in [2.05, 4.69) is 5.32 Å². The molecule has 1 aliphatic rings. The van der Waals surface area contributed by atoms with Gasteiger partial charge in [-0.25, -0.2) is 0 Å². The van der Waals surface area contributed by atoms with Crippen LogP contribution in [0.4, 0.5) is 5.00 Å². The fourth-order valence-electron chi connectivity index (χ4n) is 4.16. The fraction of sp³-hybridized carbons (Fsp3) is 0.0741. The van der Waals surface area contributed by atoms with Crippen molar-refractivity contribution in [3.8, 4) is 28.0 Å². The number of rotatable bonds is 5. The fourth-order valence-corrected chi connectivity index (χ4v) is 5.17. The van der Waals surface area contributed by atoms with Gasteiger partial charge in [0.2, 0.25) is 0 Å². The third-order valence-electron chi connectivity index (χ3n) is 5.70. The number of aliphatic hydroxyl groups is 1. The molecule has 3 aromatic carbocycles. The molecule has 0 spiro atoms. The Morgan fingerprint density at radius 3 is 2.25 bits per heavy atom. The van der Waals surface area contributed by atoms with Crippen LogP contribution in [-0.4, -0.2) is 24.5 Å². The van der Waals surface area contributed by atoms with Crippen molar-refractivity contribution in [1.82, 2.24) is 0 Å². The number of hydrogen-bond donors (Lipinski definition) is 2. The van der Waals surface area contributed by atoms with E-state index in [0.717, 1.165) is 44.9 Å². The van der Waals surface area contributed by atoms with Crippen LogP contribution in [0, 0.1) is 0 Å². The lowest BCUT2D eigenvalue weighted by Gasteiger charge is -2.25. The summed E-state index contributed by atoms with van der Waals surface area (Å²) in [4.78, 5) is 11.8. The Morgan fingerprint density at radius 1 is 0.906 bits per heavy atom. The number of ether oxygens (including phenoxy) is 1. The van der Waals surface area contributed by atoms with Crippen LogP contribution in [0.1, 0.15) is 11.1 Å². The molecular weight excluding hydrogens is 418 g/mol. The van der Waals surface area contributed by atoms with E-state index in [-0.39, 0.29) is 5.76 Å². The van der Waals surface area contributed by atoms with Gasteiger partial charge in [0.1, 0.15) is 28.8 Å². The molecule has 1 aliphatic heterocycles. The molecule has 4 aromatic rings. The zero-order valence-corrected chi connectivity index (χ0v) is 18.2. The zero-order chi connectivity index (χ0) is 22.1. The quantitative estimate of drug-likeness (QED) is 0.348. The summed E-state index contributed by atoms with van der Waals surface area (Å²) in [5.41, 5.74) is 6.02. The number of benzene rings is 3. The zero-order valence-electron chi connectivity index (χ0n) is 17.4. The number of thiophene rings is 1. The molecule has 0 amide bonds. The average Bonchev–Trinajstić information content (AvgIpc) is 3.29. The first kappa shape index (κ1) is 20.1. The van der Waals surface area contributed by atoms with Gasteiger partial charge in [0.15, 0.2) is 0 Å².